The van der Waals surface area contributed by atoms with E-state index in [1.165, 1.54) is 30.3 Å². The molecule has 1 aromatic heterocycles. The predicted molar refractivity (Wildman–Crippen MR) is 76.5 cm³/mol. The third-order valence-corrected chi connectivity index (χ3v) is 5.17. The first kappa shape index (κ1) is 14.2. The summed E-state index contributed by atoms with van der Waals surface area (Å²) in [5, 5.41) is 10.3. The highest BCUT2D eigenvalue weighted by Gasteiger charge is 2.29. The van der Waals surface area contributed by atoms with E-state index in [1.807, 2.05) is 0 Å². The van der Waals surface area contributed by atoms with Crippen LogP contribution in [0.3, 0.4) is 0 Å². The van der Waals surface area contributed by atoms with E-state index >= 15 is 0 Å². The average molecular weight is 309 g/mol. The second-order valence-corrected chi connectivity index (χ2v) is 6.89. The minimum Gasteiger partial charge on any atom is -0.423 e. The van der Waals surface area contributed by atoms with Crippen LogP contribution in [0.4, 0.5) is 0 Å². The van der Waals surface area contributed by atoms with E-state index in [1.54, 1.807) is 0 Å². The van der Waals surface area contributed by atoms with Gasteiger partial charge < -0.3 is 9.52 Å². The van der Waals surface area contributed by atoms with Crippen LogP contribution < -0.4 is 10.3 Å². The van der Waals surface area contributed by atoms with Crippen molar-refractivity contribution in [1.29, 1.82) is 0 Å². The topological polar surface area (TPSA) is 96.6 Å². The predicted octanol–water partition coefficient (Wildman–Crippen LogP) is 0.985. The van der Waals surface area contributed by atoms with Crippen molar-refractivity contribution >= 4 is 21.0 Å². The van der Waals surface area contributed by atoms with Crippen LogP contribution >= 0.6 is 0 Å². The summed E-state index contributed by atoms with van der Waals surface area (Å²) < 4.78 is 32.2. The molecule has 0 bridgehead atoms. The SMILES string of the molecule is O=c1ccc2cc(S(=O)(=O)NC3CCCC3O)ccc2o1. The van der Waals surface area contributed by atoms with E-state index in [4.69, 9.17) is 4.42 Å². The summed E-state index contributed by atoms with van der Waals surface area (Å²) in [4.78, 5) is 11.2. The molecule has 1 aromatic carbocycles. The molecule has 0 saturated heterocycles. The summed E-state index contributed by atoms with van der Waals surface area (Å²) in [6.07, 6.45) is 1.40. The third kappa shape index (κ3) is 2.85. The Hall–Kier alpha value is -1.70. The Balaban J connectivity index is 1.95. The van der Waals surface area contributed by atoms with E-state index in [-0.39, 0.29) is 4.90 Å². The number of hydrogen-bond donors (Lipinski definition) is 2. The molecule has 3 rings (SSSR count). The standard InChI is InChI=1S/C14H15NO5S/c16-12-3-1-2-11(12)15-21(18,19)10-5-6-13-9(8-10)4-7-14(17)20-13/h4-8,11-12,15-16H,1-3H2. The van der Waals surface area contributed by atoms with E-state index in [0.717, 1.165) is 6.42 Å². The first-order valence-electron chi connectivity index (χ1n) is 6.70. The summed E-state index contributed by atoms with van der Waals surface area (Å²) in [7, 11) is -3.71. The Labute approximate surface area is 121 Å². The number of hydrogen-bond acceptors (Lipinski definition) is 5. The van der Waals surface area contributed by atoms with Crippen LogP contribution in [-0.2, 0) is 10.0 Å². The molecule has 0 amide bonds. The minimum atomic E-state index is -3.71. The molecule has 0 aliphatic heterocycles. The van der Waals surface area contributed by atoms with Crippen molar-refractivity contribution in [1.82, 2.24) is 4.72 Å². The van der Waals surface area contributed by atoms with Crippen LogP contribution in [0.2, 0.25) is 0 Å². The molecule has 21 heavy (non-hydrogen) atoms. The number of aliphatic hydroxyl groups is 1. The fraction of sp³-hybridized carbons (Fsp3) is 0.357. The van der Waals surface area contributed by atoms with Crippen LogP contribution in [0.5, 0.6) is 0 Å². The summed E-state index contributed by atoms with van der Waals surface area (Å²) in [6.45, 7) is 0. The fourth-order valence-corrected chi connectivity index (χ4v) is 3.90. The van der Waals surface area contributed by atoms with Crippen molar-refractivity contribution in [2.75, 3.05) is 0 Å². The summed E-state index contributed by atoms with van der Waals surface area (Å²) in [6, 6.07) is 6.60. The van der Waals surface area contributed by atoms with Crippen molar-refractivity contribution in [3.63, 3.8) is 0 Å². The monoisotopic (exact) mass is 309 g/mol. The van der Waals surface area contributed by atoms with Crippen molar-refractivity contribution in [2.45, 2.75) is 36.3 Å². The third-order valence-electron chi connectivity index (χ3n) is 3.69. The van der Waals surface area contributed by atoms with Crippen molar-refractivity contribution in [2.24, 2.45) is 0 Å². The molecular formula is C14H15NO5S. The van der Waals surface area contributed by atoms with Crippen LogP contribution in [0.25, 0.3) is 11.0 Å². The Morgan fingerprint density at radius 2 is 2.00 bits per heavy atom. The lowest BCUT2D eigenvalue weighted by Gasteiger charge is -2.16. The Kier molecular flexibility index (Phi) is 3.56. The zero-order chi connectivity index (χ0) is 15.0. The largest absolute Gasteiger partial charge is 0.423 e. The minimum absolute atomic E-state index is 0.0861. The van der Waals surface area contributed by atoms with E-state index < -0.39 is 27.8 Å². The highest BCUT2D eigenvalue weighted by Crippen LogP contribution is 2.22. The molecule has 2 unspecified atom stereocenters. The summed E-state index contributed by atoms with van der Waals surface area (Å²) >= 11 is 0. The molecule has 7 heteroatoms. The molecule has 2 aromatic rings. The van der Waals surface area contributed by atoms with Crippen molar-refractivity contribution < 1.29 is 17.9 Å². The molecular weight excluding hydrogens is 294 g/mol. The summed E-state index contributed by atoms with van der Waals surface area (Å²) in [5.74, 6) is 0. The zero-order valence-electron chi connectivity index (χ0n) is 11.2. The van der Waals surface area contributed by atoms with Gasteiger partial charge in [0.15, 0.2) is 0 Å². The molecule has 1 fully saturated rings. The van der Waals surface area contributed by atoms with Gasteiger partial charge in [-0.3, -0.25) is 0 Å². The lowest BCUT2D eigenvalue weighted by atomic mass is 10.2. The highest BCUT2D eigenvalue weighted by atomic mass is 32.2. The normalized spacial score (nSPS) is 22.7. The number of nitrogens with one attached hydrogen (secondary N) is 1. The molecule has 0 radical (unpaired) electrons. The zero-order valence-corrected chi connectivity index (χ0v) is 12.0. The van der Waals surface area contributed by atoms with Crippen LogP contribution in [0, 0.1) is 0 Å². The number of fused-ring (bicyclic) bond motifs is 1. The van der Waals surface area contributed by atoms with E-state index in [2.05, 4.69) is 4.72 Å². The van der Waals surface area contributed by atoms with Crippen molar-refractivity contribution in [3.8, 4) is 0 Å². The van der Waals surface area contributed by atoms with Gasteiger partial charge in [-0.05, 0) is 43.5 Å². The average Bonchev–Trinajstić information content (AvgIpc) is 2.83. The lowest BCUT2D eigenvalue weighted by molar-refractivity contribution is 0.159. The molecule has 6 nitrogen and oxygen atoms in total. The van der Waals surface area contributed by atoms with E-state index in [9.17, 15) is 18.3 Å². The molecule has 2 N–H and O–H groups in total. The number of rotatable bonds is 3. The molecule has 1 aliphatic carbocycles. The number of benzene rings is 1. The van der Waals surface area contributed by atoms with Gasteiger partial charge in [-0.1, -0.05) is 0 Å². The van der Waals surface area contributed by atoms with Crippen LogP contribution in [-0.4, -0.2) is 25.7 Å². The highest BCUT2D eigenvalue weighted by molar-refractivity contribution is 7.89. The van der Waals surface area contributed by atoms with Gasteiger partial charge in [-0.15, -0.1) is 0 Å². The Morgan fingerprint density at radius 1 is 1.19 bits per heavy atom. The Morgan fingerprint density at radius 3 is 2.71 bits per heavy atom. The summed E-state index contributed by atoms with van der Waals surface area (Å²) in [5.41, 5.74) is -0.146. The smallest absolute Gasteiger partial charge is 0.336 e. The fourth-order valence-electron chi connectivity index (χ4n) is 2.56. The van der Waals surface area contributed by atoms with Gasteiger partial charge in [-0.25, -0.2) is 17.9 Å². The first-order valence-corrected chi connectivity index (χ1v) is 8.18. The van der Waals surface area contributed by atoms with Gasteiger partial charge in [-0.2, -0.15) is 0 Å². The lowest BCUT2D eigenvalue weighted by Crippen LogP contribution is -2.39. The second-order valence-electron chi connectivity index (χ2n) is 5.18. The molecule has 1 saturated carbocycles. The van der Waals surface area contributed by atoms with Gasteiger partial charge in [0.05, 0.1) is 11.0 Å². The van der Waals surface area contributed by atoms with Crippen LogP contribution in [0.15, 0.2) is 44.4 Å². The molecule has 112 valence electrons. The molecule has 2 atom stereocenters. The molecule has 1 aliphatic rings. The number of sulfonamides is 1. The van der Waals surface area contributed by atoms with Crippen molar-refractivity contribution in [3.05, 3.63) is 40.8 Å². The van der Waals surface area contributed by atoms with Gasteiger partial charge >= 0.3 is 5.63 Å². The van der Waals surface area contributed by atoms with Gasteiger partial charge in [0, 0.05) is 17.5 Å². The maximum absolute atomic E-state index is 12.3. The van der Waals surface area contributed by atoms with E-state index in [0.29, 0.717) is 23.8 Å². The quantitative estimate of drug-likeness (QED) is 0.824. The Bertz CT molecular complexity index is 827. The molecule has 0 spiro atoms. The van der Waals surface area contributed by atoms with Crippen LogP contribution in [0.1, 0.15) is 19.3 Å². The number of aliphatic hydroxyl groups excluding tert-OH is 1. The van der Waals surface area contributed by atoms with Gasteiger partial charge in [0.1, 0.15) is 5.58 Å². The van der Waals surface area contributed by atoms with Gasteiger partial charge in [0.25, 0.3) is 0 Å². The van der Waals surface area contributed by atoms with Gasteiger partial charge in [0.2, 0.25) is 10.0 Å². The first-order chi connectivity index (χ1) is 9.95. The molecule has 1 heterocycles. The second kappa shape index (κ2) is 5.25. The maximum Gasteiger partial charge on any atom is 0.336 e. The maximum atomic E-state index is 12.3.